The summed E-state index contributed by atoms with van der Waals surface area (Å²) in [6.07, 6.45) is 6.91. The number of carbonyl (C=O) groups excluding carboxylic acids is 1. The van der Waals surface area contributed by atoms with Gasteiger partial charge in [0, 0.05) is 41.5 Å². The second kappa shape index (κ2) is 7.12. The van der Waals surface area contributed by atoms with Gasteiger partial charge in [0.15, 0.2) is 5.82 Å². The molecule has 8 heteroatoms. The van der Waals surface area contributed by atoms with E-state index >= 15 is 0 Å². The average Bonchev–Trinajstić information content (AvgIpc) is 3.31. The van der Waals surface area contributed by atoms with E-state index in [0.717, 1.165) is 22.4 Å². The molecule has 0 radical (unpaired) electrons. The van der Waals surface area contributed by atoms with Crippen molar-refractivity contribution < 1.29 is 4.79 Å². The monoisotopic (exact) mass is 399 g/mol. The summed E-state index contributed by atoms with van der Waals surface area (Å²) in [6, 6.07) is 7.81. The topological polar surface area (TPSA) is 109 Å². The third-order valence-electron chi connectivity index (χ3n) is 5.09. The lowest BCUT2D eigenvalue weighted by atomic mass is 10.0. The summed E-state index contributed by atoms with van der Waals surface area (Å²) in [5, 5.41) is 19.8. The summed E-state index contributed by atoms with van der Waals surface area (Å²) in [5.41, 5.74) is 4.59. The highest BCUT2D eigenvalue weighted by Crippen LogP contribution is 2.36. The van der Waals surface area contributed by atoms with E-state index in [0.29, 0.717) is 22.8 Å². The van der Waals surface area contributed by atoms with E-state index in [1.807, 2.05) is 26.0 Å². The molecule has 0 aliphatic carbocycles. The lowest BCUT2D eigenvalue weighted by Crippen LogP contribution is -2.24. The maximum absolute atomic E-state index is 12.7. The molecule has 150 valence electrons. The molecule has 3 aromatic heterocycles. The summed E-state index contributed by atoms with van der Waals surface area (Å²) in [7, 11) is 0. The fourth-order valence-corrected chi connectivity index (χ4v) is 3.33. The molecule has 4 heterocycles. The minimum Gasteiger partial charge on any atom is -0.342 e. The van der Waals surface area contributed by atoms with Crippen molar-refractivity contribution in [3.63, 3.8) is 0 Å². The van der Waals surface area contributed by atoms with Crippen molar-refractivity contribution in [3.05, 3.63) is 59.8 Å². The number of aromatic nitrogens is 4. The molecule has 0 aromatic carbocycles. The van der Waals surface area contributed by atoms with Crippen molar-refractivity contribution in [2.45, 2.75) is 33.2 Å². The number of nitrogens with zero attached hydrogens (tertiary/aromatic N) is 5. The van der Waals surface area contributed by atoms with E-state index in [9.17, 15) is 10.1 Å². The smallest absolute Gasteiger partial charge is 0.258 e. The molecular formula is C22H21N7O. The number of amides is 1. The maximum Gasteiger partial charge on any atom is 0.258 e. The highest BCUT2D eigenvalue weighted by molar-refractivity contribution is 6.32. The highest BCUT2D eigenvalue weighted by Gasteiger charge is 2.28. The molecule has 0 bridgehead atoms. The van der Waals surface area contributed by atoms with Crippen LogP contribution in [-0.4, -0.2) is 25.7 Å². The molecule has 1 aliphatic rings. The first-order valence-corrected chi connectivity index (χ1v) is 9.48. The Balaban J connectivity index is 1.71. The molecule has 1 aliphatic heterocycles. The minimum atomic E-state index is -0.763. The standard InChI is InChI=1S/C22H21N7O/c1-13-5-7-24-10-16(13)17-9-15-18(11-25-17)27-21(30)20(15)14(2)26-19-6-8-29(28-19)22(3,4)12-23/h5-11H,1-4H3,(H,26,28)(H,27,30)/b20-14-. The van der Waals surface area contributed by atoms with Gasteiger partial charge in [0.25, 0.3) is 5.91 Å². The van der Waals surface area contributed by atoms with Crippen LogP contribution in [0.5, 0.6) is 0 Å². The van der Waals surface area contributed by atoms with Gasteiger partial charge >= 0.3 is 0 Å². The van der Waals surface area contributed by atoms with Crippen LogP contribution >= 0.6 is 0 Å². The van der Waals surface area contributed by atoms with E-state index < -0.39 is 5.54 Å². The number of pyridine rings is 2. The molecule has 4 rings (SSSR count). The number of hydrogen-bond donors (Lipinski definition) is 2. The first kappa shape index (κ1) is 19.3. The Kier molecular flexibility index (Phi) is 4.59. The number of hydrogen-bond acceptors (Lipinski definition) is 6. The van der Waals surface area contributed by atoms with Crippen LogP contribution in [0.25, 0.3) is 16.8 Å². The normalized spacial score (nSPS) is 14.7. The van der Waals surface area contributed by atoms with Crippen LogP contribution < -0.4 is 10.6 Å². The van der Waals surface area contributed by atoms with Crippen molar-refractivity contribution in [1.29, 1.82) is 5.26 Å². The largest absolute Gasteiger partial charge is 0.342 e. The van der Waals surface area contributed by atoms with Gasteiger partial charge in [-0.1, -0.05) is 0 Å². The summed E-state index contributed by atoms with van der Waals surface area (Å²) in [5.74, 6) is 0.357. The second-order valence-electron chi connectivity index (χ2n) is 7.70. The highest BCUT2D eigenvalue weighted by atomic mass is 16.2. The van der Waals surface area contributed by atoms with Crippen molar-refractivity contribution in [1.82, 2.24) is 19.7 Å². The third-order valence-corrected chi connectivity index (χ3v) is 5.09. The van der Waals surface area contributed by atoms with Gasteiger partial charge in [0.2, 0.25) is 0 Å². The molecule has 0 fully saturated rings. The predicted molar refractivity (Wildman–Crippen MR) is 114 cm³/mol. The van der Waals surface area contributed by atoms with Crippen LogP contribution in [0.2, 0.25) is 0 Å². The third kappa shape index (κ3) is 3.31. The SMILES string of the molecule is C/C(Nc1ccn(C(C)(C)C#N)n1)=C1/C(=O)Nc2cnc(-c3cnccc3C)cc21. The Hall–Kier alpha value is -3.99. The molecule has 2 N–H and O–H groups in total. The van der Waals surface area contributed by atoms with Crippen LogP contribution in [0, 0.1) is 18.3 Å². The molecule has 30 heavy (non-hydrogen) atoms. The Labute approximate surface area is 174 Å². The summed E-state index contributed by atoms with van der Waals surface area (Å²) in [4.78, 5) is 21.3. The molecule has 0 spiro atoms. The van der Waals surface area contributed by atoms with Crippen molar-refractivity contribution in [3.8, 4) is 17.3 Å². The van der Waals surface area contributed by atoms with E-state index in [2.05, 4.69) is 31.8 Å². The number of anilines is 2. The summed E-state index contributed by atoms with van der Waals surface area (Å²) in [6.45, 7) is 7.39. The number of nitriles is 1. The van der Waals surface area contributed by atoms with Crippen LogP contribution in [0.4, 0.5) is 11.5 Å². The molecule has 1 amide bonds. The lowest BCUT2D eigenvalue weighted by molar-refractivity contribution is -0.110. The van der Waals surface area contributed by atoms with E-state index in [-0.39, 0.29) is 5.91 Å². The van der Waals surface area contributed by atoms with E-state index in [1.165, 1.54) is 0 Å². The van der Waals surface area contributed by atoms with Crippen LogP contribution in [0.1, 0.15) is 31.9 Å². The first-order chi connectivity index (χ1) is 14.3. The second-order valence-corrected chi connectivity index (χ2v) is 7.70. The van der Waals surface area contributed by atoms with Gasteiger partial charge in [-0.05, 0) is 45.4 Å². The van der Waals surface area contributed by atoms with Gasteiger partial charge < -0.3 is 10.6 Å². The number of fused-ring (bicyclic) bond motifs is 1. The number of rotatable bonds is 4. The van der Waals surface area contributed by atoms with Gasteiger partial charge in [-0.3, -0.25) is 19.4 Å². The fourth-order valence-electron chi connectivity index (χ4n) is 3.33. The van der Waals surface area contributed by atoms with Crippen LogP contribution in [0.3, 0.4) is 0 Å². The minimum absolute atomic E-state index is 0.200. The van der Waals surface area contributed by atoms with E-state index in [4.69, 9.17) is 0 Å². The van der Waals surface area contributed by atoms with E-state index in [1.54, 1.807) is 49.4 Å². The van der Waals surface area contributed by atoms with Crippen molar-refractivity contribution in [2.75, 3.05) is 10.6 Å². The van der Waals surface area contributed by atoms with Gasteiger partial charge in [-0.2, -0.15) is 10.4 Å². The zero-order chi connectivity index (χ0) is 21.5. The Morgan fingerprint density at radius 3 is 2.80 bits per heavy atom. The zero-order valence-corrected chi connectivity index (χ0v) is 17.2. The van der Waals surface area contributed by atoms with Crippen LogP contribution in [-0.2, 0) is 10.3 Å². The number of nitrogens with one attached hydrogen (secondary N) is 2. The van der Waals surface area contributed by atoms with Gasteiger partial charge in [0.1, 0.15) is 5.54 Å². The molecule has 0 saturated heterocycles. The Bertz CT molecular complexity index is 1230. The quantitative estimate of drug-likeness (QED) is 0.648. The molecular weight excluding hydrogens is 378 g/mol. The molecule has 0 unspecified atom stereocenters. The number of aryl methyl sites for hydroxylation is 1. The molecule has 3 aromatic rings. The lowest BCUT2D eigenvalue weighted by Gasteiger charge is -2.15. The first-order valence-electron chi connectivity index (χ1n) is 9.48. The summed E-state index contributed by atoms with van der Waals surface area (Å²) < 4.78 is 1.59. The molecule has 0 atom stereocenters. The summed E-state index contributed by atoms with van der Waals surface area (Å²) >= 11 is 0. The van der Waals surface area contributed by atoms with Crippen molar-refractivity contribution >= 4 is 23.0 Å². The predicted octanol–water partition coefficient (Wildman–Crippen LogP) is 3.70. The molecule has 8 nitrogen and oxygen atoms in total. The van der Waals surface area contributed by atoms with Gasteiger partial charge in [0.05, 0.1) is 29.2 Å². The number of allylic oxidation sites excluding steroid dienone is 1. The number of carbonyl (C=O) groups is 1. The Morgan fingerprint density at radius 1 is 1.27 bits per heavy atom. The van der Waals surface area contributed by atoms with Crippen molar-refractivity contribution in [2.24, 2.45) is 0 Å². The van der Waals surface area contributed by atoms with Crippen LogP contribution in [0.15, 0.2) is 48.7 Å². The molecule has 0 saturated carbocycles. The fraction of sp³-hybridized carbons (Fsp3) is 0.227. The van der Waals surface area contributed by atoms with Gasteiger partial charge in [-0.25, -0.2) is 0 Å². The maximum atomic E-state index is 12.7. The van der Waals surface area contributed by atoms with Gasteiger partial charge in [-0.15, -0.1) is 0 Å². The average molecular weight is 399 g/mol. The Morgan fingerprint density at radius 2 is 2.07 bits per heavy atom. The zero-order valence-electron chi connectivity index (χ0n) is 17.2.